The number of carbonyl (C=O) groups excluding carboxylic acids is 2. The van der Waals surface area contributed by atoms with E-state index in [0.29, 0.717) is 0 Å². The zero-order chi connectivity index (χ0) is 12.4. The molecule has 0 bridgehead atoms. The Labute approximate surface area is 94.8 Å². The molecule has 0 aliphatic carbocycles. The average molecular weight is 230 g/mol. The summed E-state index contributed by atoms with van der Waals surface area (Å²) in [5.41, 5.74) is 3.94. The molecule has 0 radical (unpaired) electrons. The number of morpholine rings is 1. The Morgan fingerprint density at radius 3 is 2.38 bits per heavy atom. The van der Waals surface area contributed by atoms with Crippen LogP contribution in [0.1, 0.15) is 6.92 Å². The molecule has 1 fully saturated rings. The first-order valence-corrected chi connectivity index (χ1v) is 4.92. The Morgan fingerprint density at radius 1 is 1.56 bits per heavy atom. The van der Waals surface area contributed by atoms with Crippen molar-refractivity contribution in [3.05, 3.63) is 6.08 Å². The van der Waals surface area contributed by atoms with E-state index >= 15 is 0 Å². The number of hydrogen-bond donors (Lipinski definition) is 2. The zero-order valence-electron chi connectivity index (χ0n) is 9.62. The smallest absolute Gasteiger partial charge is 0.330 e. The van der Waals surface area contributed by atoms with Gasteiger partial charge in [-0.2, -0.15) is 0 Å². The molecule has 0 aromatic carbocycles. The highest BCUT2D eigenvalue weighted by Gasteiger charge is 2.26. The third-order valence-corrected chi connectivity index (χ3v) is 1.83. The van der Waals surface area contributed by atoms with Crippen LogP contribution >= 0.6 is 0 Å². The van der Waals surface area contributed by atoms with Crippen LogP contribution in [0.25, 0.3) is 0 Å². The molecule has 0 aromatic heterocycles. The first-order valence-electron chi connectivity index (χ1n) is 4.92. The van der Waals surface area contributed by atoms with Gasteiger partial charge in [0.15, 0.2) is 0 Å². The SMILES string of the molecule is C1COCCN1.COC(=O)C(C)(N)C=C=O. The summed E-state index contributed by atoms with van der Waals surface area (Å²) < 4.78 is 9.30. The number of hydrogen-bond acceptors (Lipinski definition) is 6. The van der Waals surface area contributed by atoms with E-state index in [4.69, 9.17) is 10.5 Å². The van der Waals surface area contributed by atoms with E-state index in [1.54, 1.807) is 0 Å². The summed E-state index contributed by atoms with van der Waals surface area (Å²) in [7, 11) is 1.20. The number of ether oxygens (including phenoxy) is 2. The Bertz CT molecular complexity index is 244. The number of methoxy groups -OCH3 is 1. The molecule has 16 heavy (non-hydrogen) atoms. The molecule has 0 amide bonds. The van der Waals surface area contributed by atoms with Crippen LogP contribution in [0.4, 0.5) is 0 Å². The maximum Gasteiger partial charge on any atom is 0.330 e. The second kappa shape index (κ2) is 8.01. The highest BCUT2D eigenvalue weighted by Crippen LogP contribution is 2.00. The Balaban J connectivity index is 0.000000315. The first kappa shape index (κ1) is 14.8. The summed E-state index contributed by atoms with van der Waals surface area (Å²) in [5, 5.41) is 3.16. The maximum atomic E-state index is 10.7. The Morgan fingerprint density at radius 2 is 2.12 bits per heavy atom. The number of rotatable bonds is 2. The summed E-state index contributed by atoms with van der Waals surface area (Å²) in [6.07, 6.45) is 0.916. The molecular formula is C10H18N2O4. The van der Waals surface area contributed by atoms with Gasteiger partial charge in [0.1, 0.15) is 11.5 Å². The molecule has 0 spiro atoms. The van der Waals surface area contributed by atoms with Crippen molar-refractivity contribution in [2.75, 3.05) is 33.4 Å². The lowest BCUT2D eigenvalue weighted by Crippen LogP contribution is -2.43. The zero-order valence-corrected chi connectivity index (χ0v) is 9.62. The highest BCUT2D eigenvalue weighted by atomic mass is 16.5. The lowest BCUT2D eigenvalue weighted by Gasteiger charge is -2.13. The van der Waals surface area contributed by atoms with Crippen molar-refractivity contribution in [2.24, 2.45) is 5.73 Å². The topological polar surface area (TPSA) is 90.7 Å². The van der Waals surface area contributed by atoms with Crippen LogP contribution in [0.15, 0.2) is 6.08 Å². The van der Waals surface area contributed by atoms with Gasteiger partial charge in [0, 0.05) is 19.2 Å². The molecule has 1 saturated heterocycles. The quantitative estimate of drug-likeness (QED) is 0.461. The standard InChI is InChI=1S/C6H9NO3.C4H9NO/c1-6(7,3-4-8)5(9)10-2;1-3-6-4-2-5-1/h3H,7H2,1-2H3;5H,1-4H2. The molecule has 92 valence electrons. The van der Waals surface area contributed by atoms with Crippen LogP contribution in [0.5, 0.6) is 0 Å². The van der Waals surface area contributed by atoms with Gasteiger partial charge in [0.25, 0.3) is 0 Å². The summed E-state index contributed by atoms with van der Waals surface area (Å²) in [6, 6.07) is 0. The van der Waals surface area contributed by atoms with Crippen LogP contribution in [0, 0.1) is 0 Å². The molecule has 0 saturated carbocycles. The molecule has 1 heterocycles. The van der Waals surface area contributed by atoms with Crippen LogP contribution in [-0.2, 0) is 19.1 Å². The first-order chi connectivity index (χ1) is 7.54. The molecule has 1 unspecified atom stereocenters. The number of esters is 1. The molecule has 6 nitrogen and oxygen atoms in total. The summed E-state index contributed by atoms with van der Waals surface area (Å²) in [4.78, 5) is 20.4. The number of nitrogens with two attached hydrogens (primary N) is 1. The predicted octanol–water partition coefficient (Wildman–Crippen LogP) is -1.13. The van der Waals surface area contributed by atoms with Crippen molar-refractivity contribution in [3.63, 3.8) is 0 Å². The molecule has 1 aliphatic rings. The Hall–Kier alpha value is -1.20. The molecule has 6 heteroatoms. The number of nitrogens with one attached hydrogen (secondary N) is 1. The molecule has 3 N–H and O–H groups in total. The van der Waals surface area contributed by atoms with Gasteiger partial charge in [0.2, 0.25) is 0 Å². The monoisotopic (exact) mass is 230 g/mol. The van der Waals surface area contributed by atoms with Gasteiger partial charge in [0.05, 0.1) is 20.3 Å². The molecule has 1 rings (SSSR count). The van der Waals surface area contributed by atoms with Crippen LogP contribution < -0.4 is 11.1 Å². The second-order valence-electron chi connectivity index (χ2n) is 3.40. The molecule has 1 atom stereocenters. The van der Waals surface area contributed by atoms with Gasteiger partial charge in [-0.15, -0.1) is 0 Å². The summed E-state index contributed by atoms with van der Waals surface area (Å²) in [5.74, 6) is 0.766. The fourth-order valence-corrected chi connectivity index (χ4v) is 0.917. The maximum absolute atomic E-state index is 10.7. The minimum absolute atomic E-state index is 0.657. The number of carbonyl (C=O) groups is 1. The third kappa shape index (κ3) is 6.31. The second-order valence-corrected chi connectivity index (χ2v) is 3.40. The normalized spacial score (nSPS) is 18.2. The van der Waals surface area contributed by atoms with Crippen molar-refractivity contribution in [3.8, 4) is 0 Å². The minimum Gasteiger partial charge on any atom is -0.467 e. The molecular weight excluding hydrogens is 212 g/mol. The Kier molecular flexibility index (Phi) is 7.41. The summed E-state index contributed by atoms with van der Waals surface area (Å²) >= 11 is 0. The van der Waals surface area contributed by atoms with E-state index in [-0.39, 0.29) is 0 Å². The van der Waals surface area contributed by atoms with Gasteiger partial charge >= 0.3 is 5.97 Å². The van der Waals surface area contributed by atoms with E-state index in [2.05, 4.69) is 10.1 Å². The lowest BCUT2D eigenvalue weighted by atomic mass is 10.1. The van der Waals surface area contributed by atoms with E-state index < -0.39 is 11.5 Å². The van der Waals surface area contributed by atoms with Crippen molar-refractivity contribution >= 4 is 11.9 Å². The van der Waals surface area contributed by atoms with Crippen LogP contribution in [0.3, 0.4) is 0 Å². The predicted molar refractivity (Wildman–Crippen MR) is 58.6 cm³/mol. The van der Waals surface area contributed by atoms with Crippen molar-refractivity contribution < 1.29 is 19.1 Å². The van der Waals surface area contributed by atoms with Gasteiger partial charge < -0.3 is 20.5 Å². The third-order valence-electron chi connectivity index (χ3n) is 1.83. The van der Waals surface area contributed by atoms with E-state index in [9.17, 15) is 9.59 Å². The van der Waals surface area contributed by atoms with Crippen molar-refractivity contribution in [2.45, 2.75) is 12.5 Å². The van der Waals surface area contributed by atoms with Gasteiger partial charge in [-0.25, -0.2) is 9.59 Å². The fraction of sp³-hybridized carbons (Fsp3) is 0.700. The summed E-state index contributed by atoms with van der Waals surface area (Å²) in [6.45, 7) is 5.20. The van der Waals surface area contributed by atoms with E-state index in [1.165, 1.54) is 20.0 Å². The van der Waals surface area contributed by atoms with E-state index in [0.717, 1.165) is 32.4 Å². The van der Waals surface area contributed by atoms with Crippen LogP contribution in [-0.4, -0.2) is 50.9 Å². The van der Waals surface area contributed by atoms with E-state index in [1.807, 2.05) is 0 Å². The fourth-order valence-electron chi connectivity index (χ4n) is 0.917. The molecule has 0 aromatic rings. The highest BCUT2D eigenvalue weighted by molar-refractivity contribution is 5.84. The lowest BCUT2D eigenvalue weighted by molar-refractivity contribution is -0.144. The van der Waals surface area contributed by atoms with Gasteiger partial charge in [-0.05, 0) is 6.92 Å². The van der Waals surface area contributed by atoms with Crippen molar-refractivity contribution in [1.29, 1.82) is 0 Å². The average Bonchev–Trinajstić information content (AvgIpc) is 2.31. The molecule has 1 aliphatic heterocycles. The van der Waals surface area contributed by atoms with Gasteiger partial charge in [-0.3, -0.25) is 0 Å². The van der Waals surface area contributed by atoms with Crippen molar-refractivity contribution in [1.82, 2.24) is 5.32 Å². The van der Waals surface area contributed by atoms with Crippen LogP contribution in [0.2, 0.25) is 0 Å². The largest absolute Gasteiger partial charge is 0.467 e. The minimum atomic E-state index is -1.35. The van der Waals surface area contributed by atoms with Gasteiger partial charge in [-0.1, -0.05) is 0 Å².